The van der Waals surface area contributed by atoms with Crippen LogP contribution in [-0.2, 0) is 10.0 Å². The van der Waals surface area contributed by atoms with Crippen molar-refractivity contribution in [2.75, 3.05) is 0 Å². The lowest BCUT2D eigenvalue weighted by atomic mass is 9.90. The second-order valence-electron chi connectivity index (χ2n) is 7.67. The van der Waals surface area contributed by atoms with E-state index in [1.807, 2.05) is 23.6 Å². The molecule has 0 aliphatic carbocycles. The number of hydrogen-bond acceptors (Lipinski definition) is 5. The predicted octanol–water partition coefficient (Wildman–Crippen LogP) is 6.15. The van der Waals surface area contributed by atoms with E-state index < -0.39 is 20.0 Å². The van der Waals surface area contributed by atoms with Crippen molar-refractivity contribution in [3.05, 3.63) is 79.4 Å². The summed E-state index contributed by atoms with van der Waals surface area (Å²) in [5, 5.41) is 13.1. The molecule has 0 saturated carbocycles. The number of aliphatic hydroxyl groups is 1. The number of benzene rings is 1. The van der Waals surface area contributed by atoms with Crippen molar-refractivity contribution < 1.29 is 9.53 Å². The van der Waals surface area contributed by atoms with Crippen molar-refractivity contribution in [2.45, 2.75) is 38.3 Å². The van der Waals surface area contributed by atoms with Crippen LogP contribution >= 0.6 is 38.9 Å². The van der Waals surface area contributed by atoms with Gasteiger partial charge in [0.1, 0.15) is 23.2 Å². The number of aliphatic hydroxyl groups excluding tert-OH is 1. The number of halogens is 2. The molecule has 3 rings (SSSR count). The van der Waals surface area contributed by atoms with Gasteiger partial charge in [0.25, 0.3) is 0 Å². The number of nitrogens with zero attached hydrogens (tertiary/aromatic N) is 2. The van der Waals surface area contributed by atoms with E-state index in [-0.39, 0.29) is 5.15 Å². The van der Waals surface area contributed by atoms with Gasteiger partial charge in [0.15, 0.2) is 8.32 Å². The monoisotopic (exact) mass is 496 g/mol. The van der Waals surface area contributed by atoms with Crippen molar-refractivity contribution in [1.82, 2.24) is 9.97 Å². The molecule has 28 heavy (non-hydrogen) atoms. The molecule has 2 heterocycles. The van der Waals surface area contributed by atoms with Crippen LogP contribution in [0.4, 0.5) is 0 Å². The van der Waals surface area contributed by atoms with E-state index in [0.29, 0.717) is 5.56 Å². The van der Waals surface area contributed by atoms with Crippen molar-refractivity contribution in [3.63, 3.8) is 0 Å². The average Bonchev–Trinajstić information content (AvgIpc) is 3.11. The van der Waals surface area contributed by atoms with Gasteiger partial charge in [0, 0.05) is 21.1 Å². The van der Waals surface area contributed by atoms with Crippen LogP contribution in [0.5, 0.6) is 0 Å². The normalized spacial score (nSPS) is 15.2. The zero-order valence-corrected chi connectivity index (χ0v) is 20.3. The zero-order valence-electron chi connectivity index (χ0n) is 16.1. The van der Waals surface area contributed by atoms with Crippen molar-refractivity contribution >= 4 is 47.2 Å². The SMILES string of the molecule is CC(O[Si](C)(C)C)(c1cccc(Br)c1)c1csc(C(O)c2cncnc2Cl)c1. The molecule has 0 bridgehead atoms. The topological polar surface area (TPSA) is 55.2 Å². The number of aromatic nitrogens is 2. The van der Waals surface area contributed by atoms with E-state index in [1.165, 1.54) is 17.7 Å². The highest BCUT2D eigenvalue weighted by Gasteiger charge is 2.36. The minimum absolute atomic E-state index is 0.255. The second-order valence-corrected chi connectivity index (χ2v) is 14.3. The van der Waals surface area contributed by atoms with Crippen LogP contribution in [0.25, 0.3) is 0 Å². The van der Waals surface area contributed by atoms with Crippen LogP contribution in [0.3, 0.4) is 0 Å². The number of rotatable bonds is 6. The third-order valence-electron chi connectivity index (χ3n) is 4.31. The molecule has 1 aromatic carbocycles. The van der Waals surface area contributed by atoms with Crippen LogP contribution < -0.4 is 0 Å². The molecule has 4 nitrogen and oxygen atoms in total. The van der Waals surface area contributed by atoms with Crippen molar-refractivity contribution in [1.29, 1.82) is 0 Å². The molecule has 148 valence electrons. The van der Waals surface area contributed by atoms with Crippen molar-refractivity contribution in [3.8, 4) is 0 Å². The van der Waals surface area contributed by atoms with Gasteiger partial charge in [-0.05, 0) is 61.3 Å². The Morgan fingerprint density at radius 2 is 2.00 bits per heavy atom. The minimum atomic E-state index is -1.88. The molecule has 1 N–H and O–H groups in total. The summed E-state index contributed by atoms with van der Waals surface area (Å²) in [6.45, 7) is 8.61. The molecule has 0 aliphatic heterocycles. The number of thiophene rings is 1. The first-order chi connectivity index (χ1) is 13.1. The first-order valence-corrected chi connectivity index (χ1v) is 14.2. The van der Waals surface area contributed by atoms with Crippen LogP contribution in [-0.4, -0.2) is 23.4 Å². The lowest BCUT2D eigenvalue weighted by Crippen LogP contribution is -2.39. The summed E-state index contributed by atoms with van der Waals surface area (Å²) in [5.41, 5.74) is 1.93. The maximum absolute atomic E-state index is 10.8. The molecule has 0 radical (unpaired) electrons. The van der Waals surface area contributed by atoms with Gasteiger partial charge in [-0.25, -0.2) is 9.97 Å². The van der Waals surface area contributed by atoms with Gasteiger partial charge in [-0.1, -0.05) is 39.7 Å². The Bertz CT molecular complexity index is 979. The Kier molecular flexibility index (Phi) is 6.43. The summed E-state index contributed by atoms with van der Waals surface area (Å²) in [7, 11) is -1.88. The van der Waals surface area contributed by atoms with E-state index in [2.05, 4.69) is 64.6 Å². The molecule has 0 fully saturated rings. The summed E-state index contributed by atoms with van der Waals surface area (Å²) < 4.78 is 7.67. The first kappa shape index (κ1) is 21.6. The van der Waals surface area contributed by atoms with Gasteiger partial charge in [0.05, 0.1) is 0 Å². The summed E-state index contributed by atoms with van der Waals surface area (Å²) >= 11 is 11.2. The van der Waals surface area contributed by atoms with Gasteiger partial charge in [0.2, 0.25) is 0 Å². The van der Waals surface area contributed by atoms with Crippen LogP contribution in [0.15, 0.2) is 52.7 Å². The fourth-order valence-corrected chi connectivity index (χ4v) is 6.15. The molecular formula is C20H22BrClN2O2SSi. The number of hydrogen-bond donors (Lipinski definition) is 1. The standard InChI is InChI=1S/C20H22BrClN2O2SSi/c1-20(26-28(2,3)4,13-6-5-7-15(21)8-13)14-9-17(27-11-14)18(25)16-10-23-12-24-19(16)22/h5-12,18,25H,1-4H3. The lowest BCUT2D eigenvalue weighted by molar-refractivity contribution is 0.124. The second kappa shape index (κ2) is 8.34. The smallest absolute Gasteiger partial charge is 0.185 e. The average molecular weight is 498 g/mol. The Morgan fingerprint density at radius 1 is 1.25 bits per heavy atom. The Hall–Kier alpha value is -1.09. The molecule has 3 aromatic rings. The summed E-state index contributed by atoms with van der Waals surface area (Å²) in [6, 6.07) is 10.1. The Labute approximate surface area is 183 Å². The van der Waals surface area contributed by atoms with E-state index in [4.69, 9.17) is 16.0 Å². The zero-order chi connectivity index (χ0) is 20.5. The fourth-order valence-electron chi connectivity index (χ4n) is 3.09. The van der Waals surface area contributed by atoms with Crippen LogP contribution in [0, 0.1) is 0 Å². The third-order valence-corrected chi connectivity index (χ3v) is 7.12. The molecule has 0 saturated heterocycles. The lowest BCUT2D eigenvalue weighted by Gasteiger charge is -2.36. The van der Waals surface area contributed by atoms with E-state index in [1.54, 1.807) is 6.20 Å². The largest absolute Gasteiger partial charge is 0.404 e. The van der Waals surface area contributed by atoms with Gasteiger partial charge in [-0.15, -0.1) is 11.3 Å². The third kappa shape index (κ3) is 4.72. The van der Waals surface area contributed by atoms with Gasteiger partial charge < -0.3 is 9.53 Å². The highest BCUT2D eigenvalue weighted by molar-refractivity contribution is 9.10. The van der Waals surface area contributed by atoms with E-state index in [0.717, 1.165) is 20.5 Å². The first-order valence-electron chi connectivity index (χ1n) is 8.79. The maximum Gasteiger partial charge on any atom is 0.185 e. The Balaban J connectivity index is 2.04. The van der Waals surface area contributed by atoms with E-state index in [9.17, 15) is 5.11 Å². The fraction of sp³-hybridized carbons (Fsp3) is 0.300. The molecule has 0 amide bonds. The molecular weight excluding hydrogens is 476 g/mol. The van der Waals surface area contributed by atoms with Gasteiger partial charge >= 0.3 is 0 Å². The summed E-state index contributed by atoms with van der Waals surface area (Å²) in [4.78, 5) is 8.71. The van der Waals surface area contributed by atoms with Crippen LogP contribution in [0.2, 0.25) is 24.8 Å². The Morgan fingerprint density at radius 3 is 2.64 bits per heavy atom. The molecule has 8 heteroatoms. The van der Waals surface area contributed by atoms with E-state index >= 15 is 0 Å². The summed E-state index contributed by atoms with van der Waals surface area (Å²) in [6.07, 6.45) is 2.03. The predicted molar refractivity (Wildman–Crippen MR) is 120 cm³/mol. The quantitative estimate of drug-likeness (QED) is 0.328. The highest BCUT2D eigenvalue weighted by atomic mass is 79.9. The molecule has 2 aromatic heterocycles. The molecule has 0 aliphatic rings. The minimum Gasteiger partial charge on any atom is -0.404 e. The highest BCUT2D eigenvalue weighted by Crippen LogP contribution is 2.41. The molecule has 2 atom stereocenters. The maximum atomic E-state index is 10.8. The van der Waals surface area contributed by atoms with Crippen molar-refractivity contribution in [2.24, 2.45) is 0 Å². The molecule has 2 unspecified atom stereocenters. The summed E-state index contributed by atoms with van der Waals surface area (Å²) in [5.74, 6) is 0. The molecule has 0 spiro atoms. The van der Waals surface area contributed by atoms with Gasteiger partial charge in [-0.3, -0.25) is 0 Å². The van der Waals surface area contributed by atoms with Gasteiger partial charge in [-0.2, -0.15) is 0 Å². The van der Waals surface area contributed by atoms with Crippen LogP contribution in [0.1, 0.15) is 34.6 Å².